The summed E-state index contributed by atoms with van der Waals surface area (Å²) in [6.45, 7) is 0.365. The summed E-state index contributed by atoms with van der Waals surface area (Å²) in [7, 11) is 1.86. The number of carbonyl (C=O) groups is 1. The fraction of sp³-hybridized carbons (Fsp3) is 0.174. The molecule has 168 valence electrons. The number of rotatable bonds is 9. The van der Waals surface area contributed by atoms with Crippen LogP contribution >= 0.6 is 0 Å². The van der Waals surface area contributed by atoms with Gasteiger partial charge in [-0.05, 0) is 29.3 Å². The van der Waals surface area contributed by atoms with E-state index >= 15 is 0 Å². The molecule has 4 aromatic rings. The summed E-state index contributed by atoms with van der Waals surface area (Å²) in [5.74, 6) is 0.184. The second kappa shape index (κ2) is 9.77. The Morgan fingerprint density at radius 1 is 1.18 bits per heavy atom. The fourth-order valence-corrected chi connectivity index (χ4v) is 3.34. The summed E-state index contributed by atoms with van der Waals surface area (Å²) < 4.78 is 6.94. The Bertz CT molecular complexity index is 1250. The molecule has 4 rings (SSSR count). The van der Waals surface area contributed by atoms with Crippen molar-refractivity contribution in [2.24, 2.45) is 7.05 Å². The number of carbonyl (C=O) groups excluding carboxylic acids is 1. The third kappa shape index (κ3) is 5.42. The highest BCUT2D eigenvalue weighted by molar-refractivity contribution is 5.93. The van der Waals surface area contributed by atoms with E-state index in [0.717, 1.165) is 16.7 Å². The Morgan fingerprint density at radius 3 is 2.67 bits per heavy atom. The van der Waals surface area contributed by atoms with Crippen molar-refractivity contribution in [3.8, 4) is 11.1 Å². The van der Waals surface area contributed by atoms with Crippen molar-refractivity contribution in [2.45, 2.75) is 19.4 Å². The lowest BCUT2D eigenvalue weighted by Gasteiger charge is -2.11. The van der Waals surface area contributed by atoms with E-state index in [4.69, 9.17) is 4.42 Å². The molecule has 10 nitrogen and oxygen atoms in total. The predicted molar refractivity (Wildman–Crippen MR) is 123 cm³/mol. The molecule has 0 aliphatic carbocycles. The average molecular weight is 446 g/mol. The molecule has 33 heavy (non-hydrogen) atoms. The zero-order valence-electron chi connectivity index (χ0n) is 17.9. The standard InChI is InChI=1S/C23H22N6O4/c1-28-15-18(14-26-28)17-6-4-16(5-7-17)13-25-20-10-11-24-23(22(20)29(31)32)27-21(30)9-8-19-3-2-12-33-19/h2-7,10-12,14-15H,8-9,13H2,1H3,(H2,24,25,27,30). The lowest BCUT2D eigenvalue weighted by molar-refractivity contribution is -0.383. The summed E-state index contributed by atoms with van der Waals surface area (Å²) in [5, 5.41) is 21.5. The van der Waals surface area contributed by atoms with Crippen molar-refractivity contribution in [1.29, 1.82) is 0 Å². The van der Waals surface area contributed by atoms with Gasteiger partial charge in [0.1, 0.15) is 11.4 Å². The van der Waals surface area contributed by atoms with E-state index in [0.29, 0.717) is 18.7 Å². The molecular weight excluding hydrogens is 424 g/mol. The number of hydrogen-bond donors (Lipinski definition) is 2. The van der Waals surface area contributed by atoms with E-state index in [1.165, 1.54) is 18.5 Å². The van der Waals surface area contributed by atoms with Crippen molar-refractivity contribution in [3.63, 3.8) is 0 Å². The Morgan fingerprint density at radius 2 is 2.00 bits per heavy atom. The van der Waals surface area contributed by atoms with Gasteiger partial charge >= 0.3 is 5.69 Å². The quantitative estimate of drug-likeness (QED) is 0.292. The highest BCUT2D eigenvalue weighted by atomic mass is 16.6. The number of pyridine rings is 1. The van der Waals surface area contributed by atoms with E-state index in [1.807, 2.05) is 37.5 Å². The zero-order chi connectivity index (χ0) is 23.2. The van der Waals surface area contributed by atoms with Gasteiger partial charge < -0.3 is 15.1 Å². The number of hydrogen-bond acceptors (Lipinski definition) is 7. The second-order valence-corrected chi connectivity index (χ2v) is 7.39. The normalized spacial score (nSPS) is 10.7. The molecule has 0 atom stereocenters. The molecule has 0 aliphatic heterocycles. The first-order valence-electron chi connectivity index (χ1n) is 10.3. The first-order valence-corrected chi connectivity index (χ1v) is 10.3. The first kappa shape index (κ1) is 21.8. The van der Waals surface area contributed by atoms with Gasteiger partial charge in [-0.2, -0.15) is 5.10 Å². The van der Waals surface area contributed by atoms with Crippen LogP contribution in [0.1, 0.15) is 17.7 Å². The van der Waals surface area contributed by atoms with Crippen molar-refractivity contribution in [3.05, 3.63) is 88.8 Å². The molecule has 0 fully saturated rings. The molecule has 10 heteroatoms. The number of furan rings is 1. The minimum absolute atomic E-state index is 0.0960. The van der Waals surface area contributed by atoms with Crippen LogP contribution in [0.5, 0.6) is 0 Å². The van der Waals surface area contributed by atoms with Crippen LogP contribution in [0.15, 0.2) is 71.7 Å². The fourth-order valence-electron chi connectivity index (χ4n) is 3.34. The lowest BCUT2D eigenvalue weighted by Crippen LogP contribution is -2.15. The van der Waals surface area contributed by atoms with Gasteiger partial charge in [-0.15, -0.1) is 0 Å². The molecule has 0 radical (unpaired) electrons. The van der Waals surface area contributed by atoms with Crippen molar-refractivity contribution >= 4 is 23.1 Å². The van der Waals surface area contributed by atoms with Gasteiger partial charge in [0.15, 0.2) is 0 Å². The van der Waals surface area contributed by atoms with E-state index in [1.54, 1.807) is 23.0 Å². The van der Waals surface area contributed by atoms with Gasteiger partial charge in [-0.3, -0.25) is 19.6 Å². The highest BCUT2D eigenvalue weighted by Crippen LogP contribution is 2.31. The molecule has 0 saturated heterocycles. The molecule has 3 aromatic heterocycles. The molecule has 1 amide bonds. The Balaban J connectivity index is 1.43. The zero-order valence-corrected chi connectivity index (χ0v) is 17.9. The summed E-state index contributed by atoms with van der Waals surface area (Å²) in [4.78, 5) is 27.5. The van der Waals surface area contributed by atoms with Gasteiger partial charge in [0.2, 0.25) is 11.7 Å². The maximum Gasteiger partial charge on any atom is 0.334 e. The molecule has 0 saturated carbocycles. The predicted octanol–water partition coefficient (Wildman–Crippen LogP) is 4.17. The van der Waals surface area contributed by atoms with Crippen LogP contribution < -0.4 is 10.6 Å². The summed E-state index contributed by atoms with van der Waals surface area (Å²) >= 11 is 0. The van der Waals surface area contributed by atoms with Gasteiger partial charge in [0.05, 0.1) is 17.4 Å². The van der Waals surface area contributed by atoms with Crippen molar-refractivity contribution in [1.82, 2.24) is 14.8 Å². The SMILES string of the molecule is Cn1cc(-c2ccc(CNc3ccnc(NC(=O)CCc4ccco4)c3[N+](=O)[O-])cc2)cn1. The van der Waals surface area contributed by atoms with Gasteiger partial charge in [-0.1, -0.05) is 24.3 Å². The van der Waals surface area contributed by atoms with Gasteiger partial charge in [-0.25, -0.2) is 4.98 Å². The number of benzene rings is 1. The van der Waals surface area contributed by atoms with E-state index in [9.17, 15) is 14.9 Å². The molecule has 3 heterocycles. The third-order valence-corrected chi connectivity index (χ3v) is 5.02. The summed E-state index contributed by atoms with van der Waals surface area (Å²) in [6.07, 6.45) is 7.17. The van der Waals surface area contributed by atoms with E-state index in [-0.39, 0.29) is 29.5 Å². The van der Waals surface area contributed by atoms with Crippen LogP contribution in [0.2, 0.25) is 0 Å². The van der Waals surface area contributed by atoms with Crippen LogP contribution in [-0.2, 0) is 24.8 Å². The average Bonchev–Trinajstić information content (AvgIpc) is 3.48. The Kier molecular flexibility index (Phi) is 6.44. The van der Waals surface area contributed by atoms with Crippen LogP contribution in [-0.4, -0.2) is 25.6 Å². The summed E-state index contributed by atoms with van der Waals surface area (Å²) in [5.41, 5.74) is 2.97. The molecular formula is C23H22N6O4. The number of anilines is 2. The second-order valence-electron chi connectivity index (χ2n) is 7.39. The summed E-state index contributed by atoms with van der Waals surface area (Å²) in [6, 6.07) is 12.8. The van der Waals surface area contributed by atoms with Gasteiger partial charge in [0.25, 0.3) is 0 Å². The highest BCUT2D eigenvalue weighted by Gasteiger charge is 2.23. The molecule has 0 spiro atoms. The largest absolute Gasteiger partial charge is 0.469 e. The van der Waals surface area contributed by atoms with E-state index in [2.05, 4.69) is 20.7 Å². The number of aryl methyl sites for hydroxylation is 2. The van der Waals surface area contributed by atoms with Crippen LogP contribution in [0, 0.1) is 10.1 Å². The molecule has 0 unspecified atom stereocenters. The maximum absolute atomic E-state index is 12.3. The monoisotopic (exact) mass is 446 g/mol. The Labute approximate surface area is 189 Å². The minimum Gasteiger partial charge on any atom is -0.469 e. The molecule has 0 aliphatic rings. The first-order chi connectivity index (χ1) is 16.0. The maximum atomic E-state index is 12.3. The number of aromatic nitrogens is 3. The molecule has 2 N–H and O–H groups in total. The van der Waals surface area contributed by atoms with Crippen molar-refractivity contribution < 1.29 is 14.1 Å². The van der Waals surface area contributed by atoms with Crippen molar-refractivity contribution in [2.75, 3.05) is 10.6 Å². The topological polar surface area (TPSA) is 128 Å². The molecule has 0 bridgehead atoms. The molecule has 1 aromatic carbocycles. The number of nitrogens with zero attached hydrogens (tertiary/aromatic N) is 4. The van der Waals surface area contributed by atoms with E-state index < -0.39 is 4.92 Å². The van der Waals surface area contributed by atoms with Crippen LogP contribution in [0.4, 0.5) is 17.2 Å². The van der Waals surface area contributed by atoms with Crippen LogP contribution in [0.3, 0.4) is 0 Å². The lowest BCUT2D eigenvalue weighted by atomic mass is 10.1. The third-order valence-electron chi connectivity index (χ3n) is 5.02. The Hall–Kier alpha value is -4.47. The number of amides is 1. The van der Waals surface area contributed by atoms with Gasteiger partial charge in [0, 0.05) is 44.4 Å². The minimum atomic E-state index is -0.553. The van der Waals surface area contributed by atoms with Crippen LogP contribution in [0.25, 0.3) is 11.1 Å². The number of nitrogens with one attached hydrogen (secondary N) is 2. The smallest absolute Gasteiger partial charge is 0.334 e. The number of nitro groups is 1.